The third-order valence-corrected chi connectivity index (χ3v) is 5.31. The molecule has 3 rings (SSSR count). The van der Waals surface area contributed by atoms with Gasteiger partial charge in [-0.3, -0.25) is 9.69 Å². The molecule has 0 unspecified atom stereocenters. The van der Waals surface area contributed by atoms with Crippen LogP contribution in [0.3, 0.4) is 0 Å². The van der Waals surface area contributed by atoms with E-state index >= 15 is 0 Å². The van der Waals surface area contributed by atoms with Gasteiger partial charge in [-0.25, -0.2) is 0 Å². The van der Waals surface area contributed by atoms with Crippen molar-refractivity contribution in [2.75, 3.05) is 32.4 Å². The number of likely N-dealkylation sites (N-methyl/N-ethyl adjacent to an activating group) is 1. The van der Waals surface area contributed by atoms with Crippen LogP contribution in [0.25, 0.3) is 10.2 Å². The molecule has 2 aromatic rings. The van der Waals surface area contributed by atoms with Gasteiger partial charge >= 0.3 is 0 Å². The van der Waals surface area contributed by atoms with Crippen LogP contribution >= 0.6 is 11.3 Å². The second-order valence-electron chi connectivity index (χ2n) is 6.06. The molecule has 0 atom stereocenters. The van der Waals surface area contributed by atoms with Crippen molar-refractivity contribution >= 4 is 33.1 Å². The van der Waals surface area contributed by atoms with Gasteiger partial charge in [0.15, 0.2) is 0 Å². The van der Waals surface area contributed by atoms with Gasteiger partial charge < -0.3 is 10.6 Å². The zero-order valence-corrected chi connectivity index (χ0v) is 13.3. The topological polar surface area (TPSA) is 75.3 Å². The smallest absolute Gasteiger partial charge is 0.266 e. The lowest BCUT2D eigenvalue weighted by Gasteiger charge is -2.45. The zero-order chi connectivity index (χ0) is 15.2. The van der Waals surface area contributed by atoms with Gasteiger partial charge in [-0.2, -0.15) is 5.10 Å². The lowest BCUT2D eigenvalue weighted by molar-refractivity contribution is 0.0315. The third kappa shape index (κ3) is 2.36. The minimum atomic E-state index is -0.0286. The maximum Gasteiger partial charge on any atom is 0.266 e. The molecule has 1 saturated heterocycles. The number of hydrogen-bond acceptors (Lipinski definition) is 6. The largest absolute Gasteiger partial charge is 0.397 e. The summed E-state index contributed by atoms with van der Waals surface area (Å²) in [6, 6.07) is 1.80. The van der Waals surface area contributed by atoms with Crippen LogP contribution in [-0.4, -0.2) is 58.1 Å². The van der Waals surface area contributed by atoms with E-state index < -0.39 is 0 Å². The van der Waals surface area contributed by atoms with Crippen molar-refractivity contribution in [1.29, 1.82) is 0 Å². The highest BCUT2D eigenvalue weighted by Crippen LogP contribution is 2.33. The molecule has 0 aromatic carbocycles. The fourth-order valence-electron chi connectivity index (χ4n) is 2.59. The summed E-state index contributed by atoms with van der Waals surface area (Å²) in [5.74, 6) is -0.00308. The van der Waals surface area contributed by atoms with Crippen molar-refractivity contribution in [2.24, 2.45) is 0 Å². The van der Waals surface area contributed by atoms with Crippen LogP contribution < -0.4 is 5.73 Å². The van der Waals surface area contributed by atoms with Crippen LogP contribution in [0.1, 0.15) is 23.5 Å². The number of nitrogen functional groups attached to an aromatic ring is 1. The highest BCUT2D eigenvalue weighted by molar-refractivity contribution is 7.21. The lowest BCUT2D eigenvalue weighted by atomic mass is 9.99. The maximum absolute atomic E-state index is 12.8. The number of piperazine rings is 1. The van der Waals surface area contributed by atoms with Crippen LogP contribution in [-0.2, 0) is 0 Å². The van der Waals surface area contributed by atoms with Crippen molar-refractivity contribution in [3.8, 4) is 0 Å². The van der Waals surface area contributed by atoms with Crippen LogP contribution in [0, 0.1) is 0 Å². The number of rotatable bonds is 1. The van der Waals surface area contributed by atoms with E-state index in [0.717, 1.165) is 18.5 Å². The molecule has 0 radical (unpaired) electrons. The standard InChI is InChI=1S/C14H19N5OS/c1-14(2)8-19(7-6-18(14)3)13(20)11-10(15)9-4-5-16-17-12(9)21-11/h4-5H,6-8,15H2,1-3H3. The lowest BCUT2D eigenvalue weighted by Crippen LogP contribution is -2.58. The Balaban J connectivity index is 1.92. The van der Waals surface area contributed by atoms with Gasteiger partial charge in [0.1, 0.15) is 9.71 Å². The molecule has 112 valence electrons. The number of thiophene rings is 1. The number of carbonyl (C=O) groups is 1. The van der Waals surface area contributed by atoms with Crippen LogP contribution in [0.4, 0.5) is 5.69 Å². The number of amides is 1. The number of anilines is 1. The first kappa shape index (κ1) is 14.2. The first-order valence-electron chi connectivity index (χ1n) is 6.90. The number of nitrogens with two attached hydrogens (primary N) is 1. The number of nitrogens with zero attached hydrogens (tertiary/aromatic N) is 4. The minimum absolute atomic E-state index is 0.00308. The Morgan fingerprint density at radius 2 is 2.19 bits per heavy atom. The van der Waals surface area contributed by atoms with E-state index in [-0.39, 0.29) is 11.4 Å². The quantitative estimate of drug-likeness (QED) is 0.863. The SMILES string of the molecule is CN1CCN(C(=O)c2sc3nnccc3c2N)CC1(C)C. The molecular weight excluding hydrogens is 286 g/mol. The Morgan fingerprint density at radius 3 is 2.86 bits per heavy atom. The van der Waals surface area contributed by atoms with Crippen molar-refractivity contribution in [1.82, 2.24) is 20.0 Å². The Kier molecular flexibility index (Phi) is 3.33. The number of hydrogen-bond donors (Lipinski definition) is 1. The third-order valence-electron chi connectivity index (χ3n) is 4.22. The number of aromatic nitrogens is 2. The van der Waals surface area contributed by atoms with Crippen LogP contribution in [0.15, 0.2) is 12.3 Å². The van der Waals surface area contributed by atoms with Gasteiger partial charge in [0.2, 0.25) is 0 Å². The summed E-state index contributed by atoms with van der Waals surface area (Å²) in [5.41, 5.74) is 6.62. The molecule has 3 heterocycles. The summed E-state index contributed by atoms with van der Waals surface area (Å²) in [6.45, 7) is 6.57. The molecule has 6 nitrogen and oxygen atoms in total. The maximum atomic E-state index is 12.8. The molecular formula is C14H19N5OS. The van der Waals surface area contributed by atoms with Crippen molar-refractivity contribution < 1.29 is 4.79 Å². The first-order chi connectivity index (χ1) is 9.90. The predicted octanol–water partition coefficient (Wildman–Crippen LogP) is 1.44. The highest BCUT2D eigenvalue weighted by atomic mass is 32.1. The fraction of sp³-hybridized carbons (Fsp3) is 0.500. The molecule has 7 heteroatoms. The molecule has 1 amide bonds. The van der Waals surface area contributed by atoms with Gasteiger partial charge in [0.25, 0.3) is 5.91 Å². The molecule has 0 spiro atoms. The second kappa shape index (κ2) is 4.92. The van der Waals surface area contributed by atoms with Gasteiger partial charge in [0, 0.05) is 30.6 Å². The number of fused-ring (bicyclic) bond motifs is 1. The van der Waals surface area contributed by atoms with Gasteiger partial charge in [-0.1, -0.05) is 0 Å². The molecule has 21 heavy (non-hydrogen) atoms. The first-order valence-corrected chi connectivity index (χ1v) is 7.72. The Bertz CT molecular complexity index is 696. The fourth-order valence-corrected chi connectivity index (χ4v) is 3.59. The molecule has 0 bridgehead atoms. The van der Waals surface area contributed by atoms with Gasteiger partial charge in [-0.15, -0.1) is 16.4 Å². The van der Waals surface area contributed by atoms with Gasteiger partial charge in [-0.05, 0) is 27.0 Å². The Morgan fingerprint density at radius 1 is 1.43 bits per heavy atom. The Labute approximate surface area is 127 Å². The average molecular weight is 305 g/mol. The summed E-state index contributed by atoms with van der Waals surface area (Å²) in [7, 11) is 2.09. The predicted molar refractivity (Wildman–Crippen MR) is 84.4 cm³/mol. The van der Waals surface area contributed by atoms with E-state index in [9.17, 15) is 4.79 Å². The summed E-state index contributed by atoms with van der Waals surface area (Å²) in [4.78, 5) is 18.2. The zero-order valence-electron chi connectivity index (χ0n) is 12.5. The van der Waals surface area contributed by atoms with Crippen molar-refractivity contribution in [3.05, 3.63) is 17.1 Å². The monoisotopic (exact) mass is 305 g/mol. The van der Waals surface area contributed by atoms with Gasteiger partial charge in [0.05, 0.1) is 11.9 Å². The van der Waals surface area contributed by atoms with E-state index in [1.807, 2.05) is 4.90 Å². The van der Waals surface area contributed by atoms with E-state index in [1.165, 1.54) is 11.3 Å². The summed E-state index contributed by atoms with van der Waals surface area (Å²) < 4.78 is 0. The second-order valence-corrected chi connectivity index (χ2v) is 7.05. The average Bonchev–Trinajstić information content (AvgIpc) is 2.79. The van der Waals surface area contributed by atoms with E-state index in [4.69, 9.17) is 5.73 Å². The van der Waals surface area contributed by atoms with E-state index in [1.54, 1.807) is 12.3 Å². The molecule has 1 aliphatic rings. The summed E-state index contributed by atoms with van der Waals surface area (Å²) in [5, 5.41) is 8.70. The summed E-state index contributed by atoms with van der Waals surface area (Å²) in [6.07, 6.45) is 1.60. The minimum Gasteiger partial charge on any atom is -0.397 e. The van der Waals surface area contributed by atoms with E-state index in [2.05, 4.69) is 36.0 Å². The molecule has 0 aliphatic carbocycles. The Hall–Kier alpha value is -1.73. The molecule has 1 aliphatic heterocycles. The molecule has 0 saturated carbocycles. The van der Waals surface area contributed by atoms with Crippen molar-refractivity contribution in [2.45, 2.75) is 19.4 Å². The normalized spacial score (nSPS) is 19.1. The van der Waals surface area contributed by atoms with E-state index in [0.29, 0.717) is 21.9 Å². The van der Waals surface area contributed by atoms with Crippen LogP contribution in [0.5, 0.6) is 0 Å². The molecule has 2 aromatic heterocycles. The van der Waals surface area contributed by atoms with Crippen LogP contribution in [0.2, 0.25) is 0 Å². The summed E-state index contributed by atoms with van der Waals surface area (Å²) >= 11 is 1.32. The van der Waals surface area contributed by atoms with Crippen molar-refractivity contribution in [3.63, 3.8) is 0 Å². The molecule has 2 N–H and O–H groups in total. The highest BCUT2D eigenvalue weighted by Gasteiger charge is 2.34. The molecule has 1 fully saturated rings. The number of carbonyl (C=O) groups excluding carboxylic acids is 1.